The molecule has 1 fully saturated rings. The van der Waals surface area contributed by atoms with Crippen LogP contribution in [0.3, 0.4) is 0 Å². The van der Waals surface area contributed by atoms with Gasteiger partial charge in [-0.15, -0.1) is 0 Å². The summed E-state index contributed by atoms with van der Waals surface area (Å²) in [5.41, 5.74) is -0.582. The molecule has 1 aromatic carbocycles. The van der Waals surface area contributed by atoms with Gasteiger partial charge in [-0.2, -0.15) is 5.26 Å². The maximum atomic E-state index is 13.2. The van der Waals surface area contributed by atoms with Crippen LogP contribution < -0.4 is 5.32 Å². The summed E-state index contributed by atoms with van der Waals surface area (Å²) in [5, 5.41) is 12.1. The van der Waals surface area contributed by atoms with Gasteiger partial charge in [-0.3, -0.25) is 4.79 Å². The van der Waals surface area contributed by atoms with Crippen LogP contribution in [-0.4, -0.2) is 11.4 Å². The van der Waals surface area contributed by atoms with Crippen molar-refractivity contribution in [1.29, 1.82) is 5.26 Å². The largest absolute Gasteiger partial charge is 0.334 e. The van der Waals surface area contributed by atoms with Crippen molar-refractivity contribution in [2.24, 2.45) is 0 Å². The van der Waals surface area contributed by atoms with Gasteiger partial charge in [0.25, 0.3) is 5.91 Å². The SMILES string of the molecule is N#CC1(NC(=O)c2cc(F)ccc2Br)CCCCC1. The first-order valence-corrected chi connectivity index (χ1v) is 7.04. The molecule has 0 unspecified atom stereocenters. The molecule has 100 valence electrons. The van der Waals surface area contributed by atoms with Crippen LogP contribution in [0.15, 0.2) is 22.7 Å². The van der Waals surface area contributed by atoms with E-state index >= 15 is 0 Å². The summed E-state index contributed by atoms with van der Waals surface area (Å²) in [4.78, 5) is 12.2. The first kappa shape index (κ1) is 14.0. The summed E-state index contributed by atoms with van der Waals surface area (Å²) < 4.78 is 13.7. The predicted molar refractivity (Wildman–Crippen MR) is 73.0 cm³/mol. The van der Waals surface area contributed by atoms with Gasteiger partial charge >= 0.3 is 0 Å². The first-order chi connectivity index (χ1) is 9.06. The Morgan fingerprint density at radius 2 is 2.05 bits per heavy atom. The first-order valence-electron chi connectivity index (χ1n) is 6.25. The van der Waals surface area contributed by atoms with Crippen molar-refractivity contribution < 1.29 is 9.18 Å². The smallest absolute Gasteiger partial charge is 0.253 e. The van der Waals surface area contributed by atoms with Crippen molar-refractivity contribution >= 4 is 21.8 Å². The number of benzene rings is 1. The fourth-order valence-corrected chi connectivity index (χ4v) is 2.80. The number of nitriles is 1. The van der Waals surface area contributed by atoms with Gasteiger partial charge < -0.3 is 5.32 Å². The van der Waals surface area contributed by atoms with Crippen LogP contribution in [0.2, 0.25) is 0 Å². The average Bonchev–Trinajstić information content (AvgIpc) is 2.42. The lowest BCUT2D eigenvalue weighted by Crippen LogP contribution is -2.48. The topological polar surface area (TPSA) is 52.9 Å². The van der Waals surface area contributed by atoms with E-state index in [1.54, 1.807) is 0 Å². The van der Waals surface area contributed by atoms with Crippen LogP contribution in [0.5, 0.6) is 0 Å². The quantitative estimate of drug-likeness (QED) is 0.904. The fourth-order valence-electron chi connectivity index (χ4n) is 2.38. The second-order valence-corrected chi connectivity index (χ2v) is 5.69. The molecule has 0 radical (unpaired) electrons. The Morgan fingerprint density at radius 3 is 2.68 bits per heavy atom. The van der Waals surface area contributed by atoms with Gasteiger partial charge in [0.1, 0.15) is 11.4 Å². The minimum Gasteiger partial charge on any atom is -0.334 e. The molecule has 1 aliphatic carbocycles. The second-order valence-electron chi connectivity index (χ2n) is 4.83. The molecule has 5 heteroatoms. The van der Waals surface area contributed by atoms with Gasteiger partial charge in [0.05, 0.1) is 11.6 Å². The summed E-state index contributed by atoms with van der Waals surface area (Å²) in [6.45, 7) is 0. The van der Waals surface area contributed by atoms with E-state index in [4.69, 9.17) is 0 Å². The molecule has 1 aromatic rings. The van der Waals surface area contributed by atoms with Gasteiger partial charge in [-0.25, -0.2) is 4.39 Å². The highest BCUT2D eigenvalue weighted by Gasteiger charge is 2.34. The van der Waals surface area contributed by atoms with E-state index in [0.29, 0.717) is 17.3 Å². The molecule has 1 aliphatic rings. The van der Waals surface area contributed by atoms with Gasteiger partial charge in [-0.1, -0.05) is 19.3 Å². The summed E-state index contributed by atoms with van der Waals surface area (Å²) in [5.74, 6) is -0.877. The minimum atomic E-state index is -0.804. The third-order valence-corrected chi connectivity index (χ3v) is 4.14. The number of hydrogen-bond donors (Lipinski definition) is 1. The van der Waals surface area contributed by atoms with E-state index in [1.807, 2.05) is 0 Å². The standard InChI is InChI=1S/C14H14BrFN2O/c15-12-5-4-10(16)8-11(12)13(19)18-14(9-17)6-2-1-3-7-14/h4-5,8H,1-3,6-7H2,(H,18,19). The Balaban J connectivity index is 2.20. The monoisotopic (exact) mass is 324 g/mol. The van der Waals surface area contributed by atoms with E-state index in [2.05, 4.69) is 27.3 Å². The van der Waals surface area contributed by atoms with Crippen LogP contribution in [0.1, 0.15) is 42.5 Å². The van der Waals surface area contributed by atoms with Crippen LogP contribution in [0, 0.1) is 17.1 Å². The average molecular weight is 325 g/mol. The summed E-state index contributed by atoms with van der Waals surface area (Å²) >= 11 is 3.22. The lowest BCUT2D eigenvalue weighted by Gasteiger charge is -2.31. The van der Waals surface area contributed by atoms with Crippen LogP contribution in [0.25, 0.3) is 0 Å². The van der Waals surface area contributed by atoms with Crippen molar-refractivity contribution in [1.82, 2.24) is 5.32 Å². The highest BCUT2D eigenvalue weighted by atomic mass is 79.9. The lowest BCUT2D eigenvalue weighted by molar-refractivity contribution is 0.0901. The minimum absolute atomic E-state index is 0.222. The molecule has 0 spiro atoms. The molecule has 0 aliphatic heterocycles. The van der Waals surface area contributed by atoms with E-state index in [0.717, 1.165) is 19.3 Å². The summed E-state index contributed by atoms with van der Waals surface area (Å²) in [6.07, 6.45) is 4.25. The number of carbonyl (C=O) groups is 1. The Bertz CT molecular complexity index is 533. The molecular formula is C14H14BrFN2O. The Kier molecular flexibility index (Phi) is 4.20. The number of nitrogens with one attached hydrogen (secondary N) is 1. The van der Waals surface area contributed by atoms with E-state index in [1.165, 1.54) is 18.2 Å². The number of amides is 1. The highest BCUT2D eigenvalue weighted by molar-refractivity contribution is 9.10. The molecule has 3 nitrogen and oxygen atoms in total. The molecule has 19 heavy (non-hydrogen) atoms. The number of rotatable bonds is 2. The molecule has 2 rings (SSSR count). The van der Waals surface area contributed by atoms with Gasteiger partial charge in [0, 0.05) is 4.47 Å². The number of hydrogen-bond acceptors (Lipinski definition) is 2. The lowest BCUT2D eigenvalue weighted by atomic mass is 9.82. The van der Waals surface area contributed by atoms with E-state index in [-0.39, 0.29) is 5.56 Å². The van der Waals surface area contributed by atoms with E-state index in [9.17, 15) is 14.4 Å². The number of carbonyl (C=O) groups excluding carboxylic acids is 1. The second kappa shape index (κ2) is 5.70. The number of halogens is 2. The fraction of sp³-hybridized carbons (Fsp3) is 0.429. The van der Waals surface area contributed by atoms with Crippen molar-refractivity contribution in [2.75, 3.05) is 0 Å². The summed E-state index contributed by atoms with van der Waals surface area (Å²) in [6, 6.07) is 6.15. The Labute approximate surface area is 119 Å². The molecule has 0 atom stereocenters. The molecule has 0 bridgehead atoms. The van der Waals surface area contributed by atoms with Crippen LogP contribution in [-0.2, 0) is 0 Å². The summed E-state index contributed by atoms with van der Waals surface area (Å²) in [7, 11) is 0. The third kappa shape index (κ3) is 3.13. The molecule has 1 saturated carbocycles. The molecule has 0 heterocycles. The van der Waals surface area contributed by atoms with Gasteiger partial charge in [0.15, 0.2) is 0 Å². The van der Waals surface area contributed by atoms with E-state index < -0.39 is 17.3 Å². The Hall–Kier alpha value is -1.41. The maximum absolute atomic E-state index is 13.2. The maximum Gasteiger partial charge on any atom is 0.253 e. The molecular weight excluding hydrogens is 311 g/mol. The third-order valence-electron chi connectivity index (χ3n) is 3.45. The molecule has 0 aromatic heterocycles. The van der Waals surface area contributed by atoms with Crippen LogP contribution in [0.4, 0.5) is 4.39 Å². The zero-order valence-electron chi connectivity index (χ0n) is 10.4. The normalized spacial score (nSPS) is 17.5. The van der Waals surface area contributed by atoms with Gasteiger partial charge in [0.2, 0.25) is 0 Å². The van der Waals surface area contributed by atoms with Crippen molar-refractivity contribution in [3.05, 3.63) is 34.1 Å². The zero-order chi connectivity index (χ0) is 13.9. The molecule has 1 amide bonds. The van der Waals surface area contributed by atoms with Gasteiger partial charge in [-0.05, 0) is 47.0 Å². The Morgan fingerprint density at radius 1 is 1.37 bits per heavy atom. The number of nitrogens with zero attached hydrogens (tertiary/aromatic N) is 1. The molecule has 0 saturated heterocycles. The predicted octanol–water partition coefficient (Wildman–Crippen LogP) is 3.54. The van der Waals surface area contributed by atoms with Crippen molar-refractivity contribution in [3.63, 3.8) is 0 Å². The van der Waals surface area contributed by atoms with Crippen molar-refractivity contribution in [2.45, 2.75) is 37.6 Å². The highest BCUT2D eigenvalue weighted by Crippen LogP contribution is 2.28. The zero-order valence-corrected chi connectivity index (χ0v) is 12.0. The molecule has 1 N–H and O–H groups in total. The van der Waals surface area contributed by atoms with Crippen LogP contribution >= 0.6 is 15.9 Å². The van der Waals surface area contributed by atoms with Crippen molar-refractivity contribution in [3.8, 4) is 6.07 Å².